The second kappa shape index (κ2) is 9.06. The van der Waals surface area contributed by atoms with Crippen molar-refractivity contribution in [2.24, 2.45) is 0 Å². The first-order valence-electron chi connectivity index (χ1n) is 12.0. The van der Waals surface area contributed by atoms with Crippen molar-refractivity contribution in [1.82, 2.24) is 0 Å². The molecule has 0 fully saturated rings. The Balaban J connectivity index is 1.41. The Hall–Kier alpha value is -4.71. The molecule has 0 saturated carbocycles. The van der Waals surface area contributed by atoms with E-state index >= 15 is 0 Å². The van der Waals surface area contributed by atoms with E-state index in [0.29, 0.717) is 22.9 Å². The number of methoxy groups -OCH3 is 1. The molecular weight excluding hydrogens is 466 g/mol. The molecule has 2 heterocycles. The lowest BCUT2D eigenvalue weighted by Gasteiger charge is -2.14. The molecule has 6 nitrogen and oxygen atoms in total. The molecule has 0 atom stereocenters. The Bertz CT molecular complexity index is 1710. The van der Waals surface area contributed by atoms with E-state index in [1.807, 2.05) is 32.0 Å². The largest absolute Gasteiger partial charge is 0.496 e. The van der Waals surface area contributed by atoms with E-state index in [-0.39, 0.29) is 12.7 Å². The molecule has 0 unspecified atom stereocenters. The maximum Gasteiger partial charge on any atom is 0.248 e. The summed E-state index contributed by atoms with van der Waals surface area (Å²) in [5.74, 6) is 1.70. The predicted molar refractivity (Wildman–Crippen MR) is 145 cm³/mol. The number of hydrogen-bond donors (Lipinski definition) is 1. The van der Waals surface area contributed by atoms with Gasteiger partial charge in [0.25, 0.3) is 0 Å². The average molecular weight is 492 g/mol. The van der Waals surface area contributed by atoms with Crippen LogP contribution in [0.25, 0.3) is 38.4 Å². The zero-order valence-corrected chi connectivity index (χ0v) is 20.8. The number of carbonyl (C=O) groups excluding carboxylic acids is 1. The van der Waals surface area contributed by atoms with Gasteiger partial charge >= 0.3 is 0 Å². The molecule has 1 aromatic heterocycles. The number of carbonyl (C=O) groups is 1. The third kappa shape index (κ3) is 3.96. The van der Waals surface area contributed by atoms with Crippen molar-refractivity contribution >= 4 is 38.9 Å². The Morgan fingerprint density at radius 1 is 0.946 bits per heavy atom. The molecule has 6 heteroatoms. The van der Waals surface area contributed by atoms with Crippen molar-refractivity contribution < 1.29 is 23.4 Å². The number of rotatable bonds is 5. The lowest BCUT2D eigenvalue weighted by atomic mass is 9.94. The normalized spacial score (nSPS) is 12.8. The van der Waals surface area contributed by atoms with Gasteiger partial charge in [-0.2, -0.15) is 0 Å². The number of ether oxygens (including phenoxy) is 3. The van der Waals surface area contributed by atoms with E-state index < -0.39 is 0 Å². The van der Waals surface area contributed by atoms with E-state index in [0.717, 1.165) is 49.6 Å². The minimum Gasteiger partial charge on any atom is -0.496 e. The van der Waals surface area contributed by atoms with Crippen molar-refractivity contribution in [2.75, 3.05) is 19.2 Å². The molecule has 37 heavy (non-hydrogen) atoms. The Labute approximate surface area is 214 Å². The summed E-state index contributed by atoms with van der Waals surface area (Å²) in [6.45, 7) is 4.06. The Morgan fingerprint density at radius 2 is 1.76 bits per heavy atom. The van der Waals surface area contributed by atoms with Gasteiger partial charge in [0.1, 0.15) is 11.3 Å². The molecule has 1 N–H and O–H groups in total. The second-order valence-corrected chi connectivity index (χ2v) is 9.02. The van der Waals surface area contributed by atoms with Gasteiger partial charge in [-0.1, -0.05) is 42.5 Å². The van der Waals surface area contributed by atoms with Crippen molar-refractivity contribution in [2.45, 2.75) is 13.8 Å². The van der Waals surface area contributed by atoms with Crippen LogP contribution in [0, 0.1) is 6.92 Å². The van der Waals surface area contributed by atoms with Crippen molar-refractivity contribution in [3.63, 3.8) is 0 Å². The van der Waals surface area contributed by atoms with Gasteiger partial charge in [0.2, 0.25) is 12.7 Å². The minimum absolute atomic E-state index is 0.183. The molecule has 1 aliphatic heterocycles. The summed E-state index contributed by atoms with van der Waals surface area (Å²) < 4.78 is 22.6. The van der Waals surface area contributed by atoms with Gasteiger partial charge in [0, 0.05) is 39.9 Å². The van der Waals surface area contributed by atoms with Crippen LogP contribution in [0.2, 0.25) is 0 Å². The lowest BCUT2D eigenvalue weighted by Crippen LogP contribution is -2.08. The summed E-state index contributed by atoms with van der Waals surface area (Å²) >= 11 is 0. The first kappa shape index (κ1) is 22.7. The molecular formula is C31H25NO5. The summed E-state index contributed by atoms with van der Waals surface area (Å²) in [6, 6.07) is 21.9. The van der Waals surface area contributed by atoms with E-state index in [2.05, 4.69) is 35.6 Å². The van der Waals surface area contributed by atoms with Gasteiger partial charge < -0.3 is 23.9 Å². The SMILES string of the molecule is COc1c(/C(C)=C/C(=O)Nc2ccc3c(c2)OCO3)cc2c(-c3cccc4ccccc34)coc2c1C. The number of benzene rings is 4. The zero-order chi connectivity index (χ0) is 25.5. The topological polar surface area (TPSA) is 69.9 Å². The van der Waals surface area contributed by atoms with Crippen LogP contribution in [0.1, 0.15) is 18.1 Å². The molecule has 0 aliphatic carbocycles. The molecule has 5 aromatic rings. The highest BCUT2D eigenvalue weighted by molar-refractivity contribution is 6.08. The Kier molecular flexibility index (Phi) is 5.57. The summed E-state index contributed by atoms with van der Waals surface area (Å²) in [4.78, 5) is 12.9. The summed E-state index contributed by atoms with van der Waals surface area (Å²) in [6.07, 6.45) is 3.37. The molecule has 1 aliphatic rings. The monoisotopic (exact) mass is 491 g/mol. The van der Waals surface area contributed by atoms with Crippen LogP contribution >= 0.6 is 0 Å². The number of nitrogens with one attached hydrogen (secondary N) is 1. The quantitative estimate of drug-likeness (QED) is 0.261. The second-order valence-electron chi connectivity index (χ2n) is 9.02. The van der Waals surface area contributed by atoms with Crippen LogP contribution in [0.5, 0.6) is 17.2 Å². The van der Waals surface area contributed by atoms with Crippen LogP contribution in [-0.2, 0) is 4.79 Å². The van der Waals surface area contributed by atoms with Gasteiger partial charge in [-0.3, -0.25) is 4.79 Å². The van der Waals surface area contributed by atoms with Gasteiger partial charge in [-0.15, -0.1) is 0 Å². The van der Waals surface area contributed by atoms with E-state index in [1.54, 1.807) is 37.6 Å². The number of allylic oxidation sites excluding steroid dienone is 1. The maximum absolute atomic E-state index is 12.9. The number of furan rings is 1. The molecule has 0 radical (unpaired) electrons. The number of aryl methyl sites for hydroxylation is 1. The number of amides is 1. The lowest BCUT2D eigenvalue weighted by molar-refractivity contribution is -0.111. The van der Waals surface area contributed by atoms with E-state index in [1.165, 1.54) is 0 Å². The van der Waals surface area contributed by atoms with Gasteiger partial charge in [-0.25, -0.2) is 0 Å². The van der Waals surface area contributed by atoms with Crippen LogP contribution in [-0.4, -0.2) is 19.8 Å². The summed E-state index contributed by atoms with van der Waals surface area (Å²) in [5.41, 5.74) is 5.96. The first-order chi connectivity index (χ1) is 18.0. The average Bonchev–Trinajstić information content (AvgIpc) is 3.55. The number of hydrogen-bond acceptors (Lipinski definition) is 5. The van der Waals surface area contributed by atoms with Crippen molar-refractivity contribution in [1.29, 1.82) is 0 Å². The van der Waals surface area contributed by atoms with Crippen LogP contribution < -0.4 is 19.5 Å². The molecule has 1 amide bonds. The maximum atomic E-state index is 12.9. The highest BCUT2D eigenvalue weighted by Crippen LogP contribution is 2.42. The third-order valence-electron chi connectivity index (χ3n) is 6.74. The highest BCUT2D eigenvalue weighted by atomic mass is 16.7. The number of anilines is 1. The molecule has 0 bridgehead atoms. The molecule has 4 aromatic carbocycles. The smallest absolute Gasteiger partial charge is 0.248 e. The molecule has 6 rings (SSSR count). The first-order valence-corrected chi connectivity index (χ1v) is 12.0. The van der Waals surface area contributed by atoms with Gasteiger partial charge in [-0.05, 0) is 54.0 Å². The predicted octanol–water partition coefficient (Wildman–Crippen LogP) is 7.34. The molecule has 0 saturated heterocycles. The van der Waals surface area contributed by atoms with Crippen LogP contribution in [0.15, 0.2) is 83.5 Å². The fourth-order valence-corrected chi connectivity index (χ4v) is 4.97. The van der Waals surface area contributed by atoms with Gasteiger partial charge in [0.05, 0.1) is 13.4 Å². The summed E-state index contributed by atoms with van der Waals surface area (Å²) in [5, 5.41) is 6.18. The van der Waals surface area contributed by atoms with Crippen molar-refractivity contribution in [3.8, 4) is 28.4 Å². The fraction of sp³-hybridized carbons (Fsp3) is 0.129. The zero-order valence-electron chi connectivity index (χ0n) is 20.8. The molecule has 184 valence electrons. The highest BCUT2D eigenvalue weighted by Gasteiger charge is 2.20. The number of fused-ring (bicyclic) bond motifs is 3. The van der Waals surface area contributed by atoms with E-state index in [4.69, 9.17) is 18.6 Å². The van der Waals surface area contributed by atoms with Crippen LogP contribution in [0.4, 0.5) is 5.69 Å². The fourth-order valence-electron chi connectivity index (χ4n) is 4.97. The van der Waals surface area contributed by atoms with Gasteiger partial charge in [0.15, 0.2) is 11.5 Å². The van der Waals surface area contributed by atoms with E-state index in [9.17, 15) is 4.79 Å². The van der Waals surface area contributed by atoms with Crippen LogP contribution in [0.3, 0.4) is 0 Å². The summed E-state index contributed by atoms with van der Waals surface area (Å²) in [7, 11) is 1.63. The molecule has 0 spiro atoms. The standard InChI is InChI=1S/C31H25NO5/c1-18(13-29(33)32-21-11-12-27-28(14-21)37-17-36-27)24-15-25-26(16-35-31(25)19(2)30(24)34-3)23-10-6-8-20-7-4-5-9-22(20)23/h4-16H,17H2,1-3H3,(H,32,33)/b18-13+. The minimum atomic E-state index is -0.252. The van der Waals surface area contributed by atoms with Crippen molar-refractivity contribution in [3.05, 3.63) is 90.2 Å². The Morgan fingerprint density at radius 3 is 2.62 bits per heavy atom. The third-order valence-corrected chi connectivity index (χ3v) is 6.74.